The van der Waals surface area contributed by atoms with E-state index in [0.29, 0.717) is 0 Å². The van der Waals surface area contributed by atoms with E-state index in [0.717, 1.165) is 0 Å². The van der Waals surface area contributed by atoms with E-state index in [1.807, 2.05) is 0 Å². The van der Waals surface area contributed by atoms with E-state index >= 15 is 0 Å². The molecular weight excluding hydrogens is 304 g/mol. The van der Waals surface area contributed by atoms with Crippen LogP contribution in [0.25, 0.3) is 0 Å². The SMILES string of the molecule is O=S(=O)(O)S(=O)(=O)OS(=O)(=O)S(=O)(=O)O. The Hall–Kier alpha value is -0.320. The van der Waals surface area contributed by atoms with Gasteiger partial charge in [0.2, 0.25) is 0 Å². The van der Waals surface area contributed by atoms with Crippen molar-refractivity contribution < 1.29 is 46.4 Å². The van der Waals surface area contributed by atoms with Crippen molar-refractivity contribution in [2.75, 3.05) is 0 Å². The number of rotatable bonds is 4. The Labute approximate surface area is 83.2 Å². The fourth-order valence-corrected chi connectivity index (χ4v) is 4.45. The lowest BCUT2D eigenvalue weighted by Gasteiger charge is -1.99. The lowest BCUT2D eigenvalue weighted by Crippen LogP contribution is -2.25. The minimum Gasteiger partial charge on any atom is -0.272 e. The highest BCUT2D eigenvalue weighted by molar-refractivity contribution is 8.69. The first-order valence-electron chi connectivity index (χ1n) is 2.37. The van der Waals surface area contributed by atoms with Gasteiger partial charge in [-0.05, 0) is 0 Å². The van der Waals surface area contributed by atoms with Crippen molar-refractivity contribution in [1.29, 1.82) is 0 Å². The highest BCUT2D eigenvalue weighted by Gasteiger charge is 2.41. The van der Waals surface area contributed by atoms with E-state index in [4.69, 9.17) is 9.11 Å². The average Bonchev–Trinajstić information content (AvgIpc) is 1.77. The summed E-state index contributed by atoms with van der Waals surface area (Å²) in [5, 5.41) is 0. The van der Waals surface area contributed by atoms with Crippen molar-refractivity contribution in [1.82, 2.24) is 0 Å². The van der Waals surface area contributed by atoms with Crippen molar-refractivity contribution in [3.63, 3.8) is 0 Å². The first-order valence-corrected chi connectivity index (χ1v) is 9.10. The molecule has 0 saturated heterocycles. The third-order valence-electron chi connectivity index (χ3n) is 0.683. The van der Waals surface area contributed by atoms with Gasteiger partial charge < -0.3 is 0 Å². The van der Waals surface area contributed by atoms with Gasteiger partial charge in [0.25, 0.3) is 0 Å². The average molecular weight is 306 g/mol. The van der Waals surface area contributed by atoms with E-state index in [1.54, 1.807) is 0 Å². The minimum absolute atomic E-state index is 2.62. The molecule has 0 bridgehead atoms. The van der Waals surface area contributed by atoms with Gasteiger partial charge in [-0.2, -0.15) is 33.7 Å². The maximum atomic E-state index is 10.3. The highest BCUT2D eigenvalue weighted by atomic mass is 33.2. The molecule has 0 aromatic heterocycles. The standard InChI is InChI=1S/H2O11S4/c1-12(2,3)14(7,8)11-15(9,10)13(4,5)6/h(H,1,2,3)(H,4,5,6). The predicted molar refractivity (Wildman–Crippen MR) is 42.0 cm³/mol. The van der Waals surface area contributed by atoms with Crippen LogP contribution >= 0.6 is 0 Å². The summed E-state index contributed by atoms with van der Waals surface area (Å²) in [6.07, 6.45) is 0. The quantitative estimate of drug-likeness (QED) is 0.405. The van der Waals surface area contributed by atoms with Crippen molar-refractivity contribution in [2.24, 2.45) is 0 Å². The van der Waals surface area contributed by atoms with Crippen LogP contribution in [0.2, 0.25) is 0 Å². The fraction of sp³-hybridized carbons (Fsp3) is 0. The maximum absolute atomic E-state index is 10.3. The van der Waals surface area contributed by atoms with Crippen LogP contribution in [-0.2, 0) is 40.2 Å². The van der Waals surface area contributed by atoms with Gasteiger partial charge in [0.15, 0.2) is 0 Å². The summed E-state index contributed by atoms with van der Waals surface area (Å²) in [7, 11) is -24.3. The van der Waals surface area contributed by atoms with Gasteiger partial charge in [-0.1, -0.05) is 0 Å². The first kappa shape index (κ1) is 14.7. The predicted octanol–water partition coefficient (Wildman–Crippen LogP) is -2.73. The van der Waals surface area contributed by atoms with Crippen molar-refractivity contribution in [2.45, 2.75) is 0 Å². The van der Waals surface area contributed by atoms with Crippen molar-refractivity contribution in [3.05, 3.63) is 0 Å². The van der Waals surface area contributed by atoms with E-state index in [1.165, 1.54) is 0 Å². The molecule has 15 heteroatoms. The molecule has 0 fully saturated rings. The van der Waals surface area contributed by atoms with Gasteiger partial charge in [0.1, 0.15) is 0 Å². The van der Waals surface area contributed by atoms with Crippen LogP contribution in [0.4, 0.5) is 0 Å². The van der Waals surface area contributed by atoms with Crippen molar-refractivity contribution in [3.8, 4) is 0 Å². The molecule has 11 nitrogen and oxygen atoms in total. The second-order valence-electron chi connectivity index (χ2n) is 1.74. The third-order valence-corrected chi connectivity index (χ3v) is 7.14. The first-order chi connectivity index (χ1) is 6.21. The lowest BCUT2D eigenvalue weighted by atomic mass is 15.8. The molecule has 0 spiro atoms. The summed E-state index contributed by atoms with van der Waals surface area (Å²) in [5.74, 6) is 0. The van der Waals surface area contributed by atoms with Gasteiger partial charge in [0, 0.05) is 0 Å². The Morgan fingerprint density at radius 2 is 0.800 bits per heavy atom. The van der Waals surface area contributed by atoms with E-state index in [-0.39, 0.29) is 0 Å². The van der Waals surface area contributed by atoms with E-state index < -0.39 is 36.6 Å². The lowest BCUT2D eigenvalue weighted by molar-refractivity contribution is 0.445. The molecule has 0 aromatic rings. The fourth-order valence-electron chi connectivity index (χ4n) is 0.172. The summed E-state index contributed by atoms with van der Waals surface area (Å²) < 4.78 is 99.4. The largest absolute Gasteiger partial charge is 0.415 e. The van der Waals surface area contributed by atoms with Gasteiger partial charge in [-0.15, -0.1) is 3.63 Å². The molecule has 0 aromatic carbocycles. The molecule has 2 N–H and O–H groups in total. The summed E-state index contributed by atoms with van der Waals surface area (Å²) in [6.45, 7) is 0. The Balaban J connectivity index is 5.69. The molecule has 92 valence electrons. The Morgan fingerprint density at radius 3 is 0.933 bits per heavy atom. The molecule has 0 heterocycles. The zero-order chi connectivity index (χ0) is 12.7. The van der Waals surface area contributed by atoms with Gasteiger partial charge >= 0.3 is 36.6 Å². The van der Waals surface area contributed by atoms with Crippen LogP contribution in [0.3, 0.4) is 0 Å². The zero-order valence-corrected chi connectivity index (χ0v) is 9.47. The van der Waals surface area contributed by atoms with Crippen LogP contribution in [0, 0.1) is 0 Å². The molecule has 0 radical (unpaired) electrons. The molecular formula is H2O11S4. The minimum atomic E-state index is -6.14. The molecule has 0 atom stereocenters. The van der Waals surface area contributed by atoms with Gasteiger partial charge in [0.05, 0.1) is 0 Å². The summed E-state index contributed by atoms with van der Waals surface area (Å²) in [5.41, 5.74) is 0. The molecule has 0 aliphatic rings. The topological polar surface area (TPSA) is 186 Å². The zero-order valence-electron chi connectivity index (χ0n) is 6.20. The molecule has 0 aliphatic carbocycles. The Kier molecular flexibility index (Phi) is 3.53. The number of hydrogen-bond donors (Lipinski definition) is 2. The molecule has 15 heavy (non-hydrogen) atoms. The van der Waals surface area contributed by atoms with Gasteiger partial charge in [-0.3, -0.25) is 9.11 Å². The van der Waals surface area contributed by atoms with E-state index in [2.05, 4.69) is 3.63 Å². The normalized spacial score (nSPS) is 15.1. The van der Waals surface area contributed by atoms with Crippen molar-refractivity contribution >= 4 is 36.6 Å². The summed E-state index contributed by atoms with van der Waals surface area (Å²) >= 11 is 0. The van der Waals surface area contributed by atoms with Crippen LogP contribution in [-0.4, -0.2) is 42.8 Å². The molecule has 0 rings (SSSR count). The monoisotopic (exact) mass is 306 g/mol. The Bertz CT molecular complexity index is 572. The third kappa shape index (κ3) is 3.33. The second-order valence-corrected chi connectivity index (χ2v) is 10.6. The molecule has 0 saturated carbocycles. The smallest absolute Gasteiger partial charge is 0.272 e. The molecule has 0 aliphatic heterocycles. The molecule has 0 unspecified atom stereocenters. The van der Waals surface area contributed by atoms with Crippen LogP contribution in [0.5, 0.6) is 0 Å². The highest BCUT2D eigenvalue weighted by Crippen LogP contribution is 2.11. The second kappa shape index (κ2) is 3.61. The maximum Gasteiger partial charge on any atom is 0.415 e. The summed E-state index contributed by atoms with van der Waals surface area (Å²) in [6, 6.07) is 0. The van der Waals surface area contributed by atoms with Crippen LogP contribution < -0.4 is 0 Å². The number of hydrogen-bond acceptors (Lipinski definition) is 9. The molecule has 0 amide bonds. The van der Waals surface area contributed by atoms with Crippen LogP contribution in [0.1, 0.15) is 0 Å². The Morgan fingerprint density at radius 1 is 0.600 bits per heavy atom. The van der Waals surface area contributed by atoms with E-state index in [9.17, 15) is 33.7 Å². The van der Waals surface area contributed by atoms with Crippen LogP contribution in [0.15, 0.2) is 0 Å². The van der Waals surface area contributed by atoms with Gasteiger partial charge in [-0.25, -0.2) is 0 Å². The summed E-state index contributed by atoms with van der Waals surface area (Å²) in [4.78, 5) is 0.